The lowest BCUT2D eigenvalue weighted by Gasteiger charge is -2.00. The van der Waals surface area contributed by atoms with Gasteiger partial charge in [-0.2, -0.15) is 4.98 Å². The van der Waals surface area contributed by atoms with Crippen molar-refractivity contribution in [1.29, 1.82) is 0 Å². The first-order chi connectivity index (χ1) is 6.22. The number of halogens is 1. The number of hydrogen-bond acceptors (Lipinski definition) is 3. The maximum atomic E-state index is 11.6. The lowest BCUT2D eigenvalue weighted by molar-refractivity contribution is 0.250. The fourth-order valence-corrected chi connectivity index (χ4v) is 0.713. The summed E-state index contributed by atoms with van der Waals surface area (Å²) in [4.78, 5) is 14.7. The van der Waals surface area contributed by atoms with E-state index in [1.807, 2.05) is 0 Å². The normalized spacial score (nSPS) is 9.69. The monoisotopic (exact) mass is 187 g/mol. The molecule has 1 heterocycles. The molecule has 0 aliphatic rings. The van der Waals surface area contributed by atoms with E-state index < -0.39 is 12.7 Å². The molecule has 0 unspecified atom stereocenters. The average molecular weight is 187 g/mol. The molecule has 6 heteroatoms. The van der Waals surface area contributed by atoms with Crippen molar-refractivity contribution >= 4 is 12.0 Å². The zero-order chi connectivity index (χ0) is 9.68. The van der Waals surface area contributed by atoms with Crippen molar-refractivity contribution in [2.45, 2.75) is 6.92 Å². The van der Waals surface area contributed by atoms with Gasteiger partial charge in [0.1, 0.15) is 12.9 Å². The van der Waals surface area contributed by atoms with Gasteiger partial charge in [0.05, 0.1) is 5.69 Å². The van der Waals surface area contributed by atoms with Crippen LogP contribution in [-0.2, 0) is 0 Å². The smallest absolute Gasteiger partial charge is 0.322 e. The molecule has 0 aliphatic carbocycles. The predicted molar refractivity (Wildman–Crippen MR) is 44.2 cm³/mol. The van der Waals surface area contributed by atoms with Crippen molar-refractivity contribution in [2.24, 2.45) is 0 Å². The fraction of sp³-hybridized carbons (Fsp3) is 0.429. The number of aryl methyl sites for hydroxylation is 1. The lowest BCUT2D eigenvalue weighted by atomic mass is 10.6. The van der Waals surface area contributed by atoms with E-state index in [4.69, 9.17) is 4.42 Å². The van der Waals surface area contributed by atoms with Crippen molar-refractivity contribution in [3.63, 3.8) is 0 Å². The molecule has 0 saturated carbocycles. The Morgan fingerprint density at radius 3 is 3.08 bits per heavy atom. The average Bonchev–Trinajstić information content (AvgIpc) is 2.48. The molecule has 13 heavy (non-hydrogen) atoms. The Labute approximate surface area is 74.3 Å². The number of anilines is 1. The van der Waals surface area contributed by atoms with Crippen LogP contribution in [0.2, 0.25) is 0 Å². The van der Waals surface area contributed by atoms with Crippen LogP contribution in [-0.4, -0.2) is 24.2 Å². The van der Waals surface area contributed by atoms with Gasteiger partial charge in [-0.1, -0.05) is 0 Å². The van der Waals surface area contributed by atoms with Gasteiger partial charge in [0.15, 0.2) is 0 Å². The Hall–Kier alpha value is -1.59. The first-order valence-corrected chi connectivity index (χ1v) is 3.75. The number of urea groups is 1. The van der Waals surface area contributed by atoms with Crippen molar-refractivity contribution < 1.29 is 13.6 Å². The van der Waals surface area contributed by atoms with Crippen LogP contribution in [0.15, 0.2) is 10.7 Å². The van der Waals surface area contributed by atoms with Gasteiger partial charge in [0, 0.05) is 6.54 Å². The Bertz CT molecular complexity index is 287. The van der Waals surface area contributed by atoms with Gasteiger partial charge in [0.25, 0.3) is 0 Å². The summed E-state index contributed by atoms with van der Waals surface area (Å²) in [5.41, 5.74) is 0.667. The largest absolute Gasteiger partial charge is 0.432 e. The highest BCUT2D eigenvalue weighted by Crippen LogP contribution is 2.04. The minimum absolute atomic E-state index is 0.0223. The first kappa shape index (κ1) is 9.50. The number of hydrogen-bond donors (Lipinski definition) is 2. The molecule has 0 radical (unpaired) electrons. The van der Waals surface area contributed by atoms with Gasteiger partial charge in [0.2, 0.25) is 0 Å². The molecule has 0 saturated heterocycles. The minimum atomic E-state index is -0.599. The maximum Gasteiger partial charge on any atom is 0.322 e. The van der Waals surface area contributed by atoms with E-state index in [9.17, 15) is 9.18 Å². The highest BCUT2D eigenvalue weighted by Gasteiger charge is 2.04. The summed E-state index contributed by atoms with van der Waals surface area (Å²) in [5.74, 6) is 0. The molecule has 0 bridgehead atoms. The zero-order valence-corrected chi connectivity index (χ0v) is 7.13. The third kappa shape index (κ3) is 3.10. The molecule has 2 N–H and O–H groups in total. The highest BCUT2D eigenvalue weighted by atomic mass is 19.1. The van der Waals surface area contributed by atoms with E-state index in [2.05, 4.69) is 15.6 Å². The molecule has 1 aromatic rings. The quantitative estimate of drug-likeness (QED) is 0.743. The second-order valence-electron chi connectivity index (χ2n) is 2.36. The van der Waals surface area contributed by atoms with Crippen molar-refractivity contribution in [1.82, 2.24) is 10.3 Å². The summed E-state index contributed by atoms with van der Waals surface area (Å²) in [6.07, 6.45) is 1.41. The van der Waals surface area contributed by atoms with Crippen LogP contribution in [0, 0.1) is 6.92 Å². The second-order valence-corrected chi connectivity index (χ2v) is 2.36. The molecule has 0 atom stereocenters. The number of nitrogens with one attached hydrogen (secondary N) is 2. The van der Waals surface area contributed by atoms with Gasteiger partial charge in [-0.15, -0.1) is 0 Å². The Morgan fingerprint density at radius 2 is 2.54 bits per heavy atom. The van der Waals surface area contributed by atoms with E-state index in [-0.39, 0.29) is 12.6 Å². The number of oxazole rings is 1. The molecule has 72 valence electrons. The third-order valence-electron chi connectivity index (χ3n) is 1.22. The summed E-state index contributed by atoms with van der Waals surface area (Å²) < 4.78 is 16.5. The van der Waals surface area contributed by atoms with Gasteiger partial charge >= 0.3 is 12.0 Å². The van der Waals surface area contributed by atoms with Crippen LogP contribution in [0.25, 0.3) is 0 Å². The molecule has 0 aromatic carbocycles. The molecule has 1 rings (SSSR count). The van der Waals surface area contributed by atoms with Gasteiger partial charge in [-0.05, 0) is 6.92 Å². The number of aromatic nitrogens is 1. The van der Waals surface area contributed by atoms with Crippen LogP contribution >= 0.6 is 0 Å². The van der Waals surface area contributed by atoms with Gasteiger partial charge in [-0.3, -0.25) is 5.32 Å². The number of nitrogens with zero attached hydrogens (tertiary/aromatic N) is 1. The first-order valence-electron chi connectivity index (χ1n) is 3.75. The molecule has 1 aromatic heterocycles. The van der Waals surface area contributed by atoms with Gasteiger partial charge in [-0.25, -0.2) is 9.18 Å². The molecule has 2 amide bonds. The maximum absolute atomic E-state index is 11.6. The summed E-state index contributed by atoms with van der Waals surface area (Å²) in [6, 6.07) is -0.423. The molecular weight excluding hydrogens is 177 g/mol. The molecule has 5 nitrogen and oxygen atoms in total. The summed E-state index contributed by atoms with van der Waals surface area (Å²) in [5, 5.41) is 4.57. The Kier molecular flexibility index (Phi) is 3.24. The topological polar surface area (TPSA) is 67.2 Å². The molecular formula is C7H10FN3O2. The van der Waals surface area contributed by atoms with E-state index in [1.54, 1.807) is 6.92 Å². The SMILES string of the molecule is Cc1coc(NC(=O)NCCF)n1. The van der Waals surface area contributed by atoms with Crippen LogP contribution < -0.4 is 10.6 Å². The summed E-state index contributed by atoms with van der Waals surface area (Å²) in [6.45, 7) is 1.11. The van der Waals surface area contributed by atoms with E-state index in [0.29, 0.717) is 5.69 Å². The number of carbonyl (C=O) groups excluding carboxylic acids is 1. The number of alkyl halides is 1. The van der Waals surface area contributed by atoms with E-state index in [1.165, 1.54) is 6.26 Å². The third-order valence-corrected chi connectivity index (χ3v) is 1.22. The summed E-state index contributed by atoms with van der Waals surface area (Å²) >= 11 is 0. The van der Waals surface area contributed by atoms with Gasteiger partial charge < -0.3 is 9.73 Å². The zero-order valence-electron chi connectivity index (χ0n) is 7.13. The molecule has 0 aliphatic heterocycles. The van der Waals surface area contributed by atoms with Crippen molar-refractivity contribution in [2.75, 3.05) is 18.5 Å². The van der Waals surface area contributed by atoms with E-state index >= 15 is 0 Å². The fourth-order valence-electron chi connectivity index (χ4n) is 0.713. The Balaban J connectivity index is 2.36. The lowest BCUT2D eigenvalue weighted by Crippen LogP contribution is -2.30. The number of carbonyl (C=O) groups is 1. The molecule has 0 spiro atoms. The summed E-state index contributed by atoms with van der Waals surface area (Å²) in [7, 11) is 0. The molecule has 0 fully saturated rings. The Morgan fingerprint density at radius 1 is 1.77 bits per heavy atom. The minimum Gasteiger partial charge on any atom is -0.432 e. The van der Waals surface area contributed by atoms with Crippen molar-refractivity contribution in [3.05, 3.63) is 12.0 Å². The number of amides is 2. The standard InChI is InChI=1S/C7H10FN3O2/c1-5-4-13-7(10-5)11-6(12)9-3-2-8/h4H,2-3H2,1H3,(H2,9,10,11,12). The predicted octanol–water partition coefficient (Wildman–Crippen LogP) is 1.07. The second kappa shape index (κ2) is 4.44. The highest BCUT2D eigenvalue weighted by molar-refractivity contribution is 5.86. The van der Waals surface area contributed by atoms with Crippen LogP contribution in [0.4, 0.5) is 15.2 Å². The number of rotatable bonds is 3. The van der Waals surface area contributed by atoms with Crippen LogP contribution in [0.5, 0.6) is 0 Å². The van der Waals surface area contributed by atoms with Crippen LogP contribution in [0.1, 0.15) is 5.69 Å². The van der Waals surface area contributed by atoms with E-state index in [0.717, 1.165) is 0 Å². The van der Waals surface area contributed by atoms with Crippen molar-refractivity contribution in [3.8, 4) is 0 Å². The van der Waals surface area contributed by atoms with Crippen LogP contribution in [0.3, 0.4) is 0 Å².